The predicted octanol–water partition coefficient (Wildman–Crippen LogP) is 6.88. The van der Waals surface area contributed by atoms with Crippen molar-refractivity contribution in [1.82, 2.24) is 65.5 Å². The van der Waals surface area contributed by atoms with Gasteiger partial charge in [-0.15, -0.1) is 0 Å². The molecule has 710 valence electrons. The number of hydrogen-bond acceptors (Lipinski definition) is 33. The number of nitrogens with one attached hydrogen (secondary N) is 3. The largest absolute Gasteiger partial charge is 0.460 e. The van der Waals surface area contributed by atoms with E-state index in [4.69, 9.17) is 63.7 Å². The zero-order chi connectivity index (χ0) is 93.0. The highest BCUT2D eigenvalue weighted by molar-refractivity contribution is 6.39. The summed E-state index contributed by atoms with van der Waals surface area (Å²) in [6.45, 7) is 18.0. The van der Waals surface area contributed by atoms with Crippen LogP contribution in [0.5, 0.6) is 0 Å². The summed E-state index contributed by atoms with van der Waals surface area (Å²) in [5.74, 6) is -7.14. The van der Waals surface area contributed by atoms with E-state index in [1.54, 1.807) is 64.2 Å². The summed E-state index contributed by atoms with van der Waals surface area (Å²) in [6.07, 6.45) is 19.3. The molecule has 4 amide bonds. The molecule has 38 heteroatoms. The van der Waals surface area contributed by atoms with Crippen LogP contribution in [0.2, 0.25) is 0 Å². The Balaban J connectivity index is 0.607. The highest BCUT2D eigenvalue weighted by Gasteiger charge is 2.53. The first kappa shape index (κ1) is 100. The van der Waals surface area contributed by atoms with Gasteiger partial charge in [-0.1, -0.05) is 76.2 Å². The summed E-state index contributed by atoms with van der Waals surface area (Å²) >= 11 is 0. The number of cyclic esters (lactones) is 1. The molecule has 9 heterocycles. The molecule has 1 saturated carbocycles. The van der Waals surface area contributed by atoms with Crippen molar-refractivity contribution in [3.05, 3.63) is 108 Å². The van der Waals surface area contributed by atoms with Crippen molar-refractivity contribution in [3.8, 4) is 11.3 Å². The minimum Gasteiger partial charge on any atom is -0.460 e. The SMILES string of the molecule is CO[C@H]1C[C@@H]2CC[C@@H](C)[C@@](O)(O2)C(=O)C(=O)N2CCCC[C@H]2C(=O)O[C@H]([C@H](C)C[C@@H]2CC[C@@H](O)[C@H](OC)C2)C[C@@H](O)[C@H](C)/C=C(\C)[C@@H](O)[C@@H](OC)C(=NOCC(=O)NCc2cnc(N3CCN(c4ncc(C(=O)NCCOCCOCCOCCC(=O)NCCCCn5nc(-c6ccc7oc(N)nc7c6)c6c(N)ncnc65)cn4)CC3)nc2)[C@H](C)C[C@H](C)/C=C/C=CC=C1C. The number of piperazine rings is 1. The number of amides is 4. The number of unbranched alkanes of at least 4 members (excludes halogenated alkanes) is 1. The van der Waals surface area contributed by atoms with Gasteiger partial charge < -0.3 is 110 Å². The number of esters is 1. The molecule has 4 fully saturated rings. The number of methoxy groups -OCH3 is 3. The first-order valence-electron chi connectivity index (χ1n) is 45.4. The second-order valence-electron chi connectivity index (χ2n) is 34.8. The van der Waals surface area contributed by atoms with Crippen LogP contribution in [0.4, 0.5) is 23.7 Å². The monoisotopic (exact) mass is 1810 g/mol. The molecule has 0 spiro atoms. The van der Waals surface area contributed by atoms with Gasteiger partial charge in [-0.25, -0.2) is 39.4 Å². The van der Waals surface area contributed by atoms with Gasteiger partial charge in [0.1, 0.15) is 47.7 Å². The Morgan fingerprint density at radius 1 is 0.723 bits per heavy atom. The molecular formula is C92H132N18O20. The van der Waals surface area contributed by atoms with E-state index in [-0.39, 0.29) is 106 Å². The number of aryl methyl sites for hydroxylation is 1. The van der Waals surface area contributed by atoms with Crippen molar-refractivity contribution >= 4 is 87.0 Å². The fourth-order valence-electron chi connectivity index (χ4n) is 17.4. The third-order valence-electron chi connectivity index (χ3n) is 25.1. The molecule has 5 aliphatic rings. The number of oxazole rings is 1. The van der Waals surface area contributed by atoms with Crippen molar-refractivity contribution in [3.63, 3.8) is 0 Å². The van der Waals surface area contributed by atoms with E-state index in [0.29, 0.717) is 198 Å². The topological polar surface area (TPSA) is 498 Å². The molecule has 0 radical (unpaired) electrons. The lowest BCUT2D eigenvalue weighted by Gasteiger charge is -2.43. The van der Waals surface area contributed by atoms with Gasteiger partial charge in [0.05, 0.1) is 86.8 Å². The fraction of sp³-hybridized carbons (Fsp3) is 0.620. The third kappa shape index (κ3) is 27.6. The zero-order valence-corrected chi connectivity index (χ0v) is 76.5. The number of aromatic nitrogens is 9. The molecule has 4 aliphatic heterocycles. The number of oxime groups is 1. The average molecular weight is 1810 g/mol. The smallest absolute Gasteiger partial charge is 0.329 e. The van der Waals surface area contributed by atoms with E-state index in [1.807, 2.05) is 80.0 Å². The molecule has 16 atom stereocenters. The maximum absolute atomic E-state index is 14.8. The van der Waals surface area contributed by atoms with E-state index in [2.05, 4.69) is 56.0 Å². The second kappa shape index (κ2) is 49.2. The summed E-state index contributed by atoms with van der Waals surface area (Å²) < 4.78 is 54.4. The summed E-state index contributed by atoms with van der Waals surface area (Å²) in [4.78, 5) is 125. The van der Waals surface area contributed by atoms with Crippen LogP contribution in [0, 0.1) is 35.5 Å². The number of ketones is 1. The van der Waals surface area contributed by atoms with Gasteiger partial charge >= 0.3 is 5.97 Å². The number of piperidine rings is 1. The molecule has 3 saturated heterocycles. The van der Waals surface area contributed by atoms with Gasteiger partial charge in [0.25, 0.3) is 29.5 Å². The lowest BCUT2D eigenvalue weighted by atomic mass is 9.78. The lowest BCUT2D eigenvalue weighted by Crippen LogP contribution is -2.61. The lowest BCUT2D eigenvalue weighted by molar-refractivity contribution is -0.265. The molecule has 2 bridgehead atoms. The van der Waals surface area contributed by atoms with E-state index >= 15 is 0 Å². The van der Waals surface area contributed by atoms with E-state index in [9.17, 15) is 49.2 Å². The average Bonchev–Trinajstić information content (AvgIpc) is 1.47. The fourth-order valence-corrected chi connectivity index (χ4v) is 17.4. The molecule has 1 aliphatic carbocycles. The van der Waals surface area contributed by atoms with Crippen LogP contribution in [0.3, 0.4) is 0 Å². The maximum atomic E-state index is 14.8. The Labute approximate surface area is 758 Å². The first-order chi connectivity index (χ1) is 62.6. The van der Waals surface area contributed by atoms with Gasteiger partial charge in [0, 0.05) is 153 Å². The Kier molecular flexibility index (Phi) is 37.9. The quantitative estimate of drug-likeness (QED) is 0.00683. The standard InChI is InChI=1S/C92H132N18O20/c1-56-18-12-11-13-19-57(2)73(121-8)47-67-24-21-62(7)92(120,130-67)83(116)87(118)109-30-16-14-20-69(109)88(119)128-74(59(4)44-63-22-25-70(111)75(45-63)122-9)48-71(112)58(3)43-61(6)81(115)82(123-10)79(60(5)42-56)106-127-54-77(114)97-49-64-50-98-90(99-51-64)107-32-34-108(35-33-107)91-100-52-66(53-101-91)86(117)96-29-37-125-39-41-126-40-38-124-36-27-76(113)95-28-15-17-31-110-85-78(84(93)102-55-103-85)80(105-110)65-23-26-72-68(46-65)104-89(94)129-72/h11-13,18-19,23,26,43,46,50-53,55-56,58-60,62-63,67,69-71,73-75,81-82,111-112,115,120H,14-17,20-22,24-25,27-42,44-45,47-49,54H2,1-10H3,(H2,94,104)(H,95,113)(H,96,117)(H,97,114)(H2,93,102,103)/b13-11?,18-12+,57-19?,61-43+,106-79?/t56-,58-,59-,60-,62-,63+,67+,69+,70-,71-,73+,74+,75-,81-,82+,92-/m1/s1. The number of benzene rings is 1. The van der Waals surface area contributed by atoms with Crippen LogP contribution in [-0.4, -0.2) is 285 Å². The molecule has 0 unspecified atom stereocenters. The molecule has 6 aromatic rings. The van der Waals surface area contributed by atoms with Crippen molar-refractivity contribution in [2.75, 3.05) is 135 Å². The van der Waals surface area contributed by atoms with Crippen LogP contribution < -0.4 is 37.2 Å². The first-order valence-corrected chi connectivity index (χ1v) is 45.4. The van der Waals surface area contributed by atoms with E-state index < -0.39 is 96.6 Å². The third-order valence-corrected chi connectivity index (χ3v) is 25.1. The van der Waals surface area contributed by atoms with E-state index in [1.165, 1.54) is 30.7 Å². The number of aliphatic hydroxyl groups is 4. The predicted molar refractivity (Wildman–Crippen MR) is 484 cm³/mol. The van der Waals surface area contributed by atoms with Crippen LogP contribution in [0.1, 0.15) is 161 Å². The number of nitrogen functional groups attached to an aromatic ring is 2. The number of nitrogens with zero attached hydrogens (tertiary/aromatic N) is 13. The Morgan fingerprint density at radius 2 is 1.44 bits per heavy atom. The number of aliphatic hydroxyl groups excluding tert-OH is 3. The number of ether oxygens (including phenoxy) is 8. The summed E-state index contributed by atoms with van der Waals surface area (Å²) in [5.41, 5.74) is 17.7. The van der Waals surface area contributed by atoms with Gasteiger partial charge in [-0.3, -0.25) is 24.0 Å². The van der Waals surface area contributed by atoms with Gasteiger partial charge in [-0.2, -0.15) is 10.1 Å². The second-order valence-corrected chi connectivity index (χ2v) is 34.8. The minimum absolute atomic E-state index is 0.0416. The summed E-state index contributed by atoms with van der Waals surface area (Å²) in [6, 6.07) is 4.37. The Bertz CT molecular complexity index is 4850. The van der Waals surface area contributed by atoms with Crippen molar-refractivity contribution in [1.29, 1.82) is 0 Å². The van der Waals surface area contributed by atoms with E-state index in [0.717, 1.165) is 17.6 Å². The normalized spacial score (nSPS) is 27.0. The number of allylic oxidation sites excluding steroid dienone is 5. The van der Waals surface area contributed by atoms with Crippen molar-refractivity contribution < 1.29 is 96.3 Å². The Morgan fingerprint density at radius 3 is 2.15 bits per heavy atom. The number of hydrogen-bond donors (Lipinski definition) is 9. The van der Waals surface area contributed by atoms with Crippen LogP contribution in [0.15, 0.2) is 106 Å². The van der Waals surface area contributed by atoms with Gasteiger partial charge in [0.2, 0.25) is 23.6 Å². The number of fused-ring (bicyclic) bond motifs is 5. The highest BCUT2D eigenvalue weighted by atomic mass is 16.6. The van der Waals surface area contributed by atoms with Crippen LogP contribution >= 0.6 is 0 Å². The van der Waals surface area contributed by atoms with Crippen molar-refractivity contribution in [2.24, 2.45) is 40.7 Å². The molecule has 38 nitrogen and oxygen atoms in total. The molecule has 5 aromatic heterocycles. The number of anilines is 4. The van der Waals surface area contributed by atoms with Gasteiger partial charge in [-0.05, 0) is 138 Å². The molecule has 1 aromatic carbocycles. The molecule has 130 heavy (non-hydrogen) atoms. The molecule has 11 rings (SSSR count). The number of rotatable bonds is 32. The zero-order valence-electron chi connectivity index (χ0n) is 76.5. The summed E-state index contributed by atoms with van der Waals surface area (Å²) in [5, 5.41) is 66.0. The molecular weight excluding hydrogens is 1680 g/mol. The van der Waals surface area contributed by atoms with Crippen molar-refractivity contribution in [2.45, 2.75) is 219 Å². The van der Waals surface area contributed by atoms with Crippen LogP contribution in [0.25, 0.3) is 33.4 Å². The minimum atomic E-state index is -2.47. The van der Waals surface area contributed by atoms with Crippen LogP contribution in [-0.2, 0) is 79.8 Å². The number of nitrogens with two attached hydrogens (primary N) is 2. The highest BCUT2D eigenvalue weighted by Crippen LogP contribution is 2.40. The number of Topliss-reactive ketones (excluding diaryl/α,β-unsaturated/α-hetero) is 1. The molecule has 11 N–H and O–H groups in total. The van der Waals surface area contributed by atoms with Gasteiger partial charge in [0.15, 0.2) is 17.8 Å². The number of carbonyl (C=O) groups is 6. The Hall–Kier alpha value is -10.4. The summed E-state index contributed by atoms with van der Waals surface area (Å²) in [7, 11) is 4.59. The number of carbonyl (C=O) groups excluding carboxylic acids is 6. The maximum Gasteiger partial charge on any atom is 0.329 e.